The molecule has 0 saturated carbocycles. The molecule has 0 bridgehead atoms. The predicted octanol–water partition coefficient (Wildman–Crippen LogP) is 2.07. The van der Waals surface area contributed by atoms with Crippen molar-refractivity contribution in [2.45, 2.75) is 13.5 Å². The monoisotopic (exact) mass is 301 g/mol. The second-order valence-corrected chi connectivity index (χ2v) is 5.60. The topological polar surface area (TPSA) is 71.3 Å². The number of fused-ring (bicyclic) bond motifs is 1. The highest BCUT2D eigenvalue weighted by molar-refractivity contribution is 7.20. The number of nitrogens with zero attached hydrogens (tertiary/aromatic N) is 3. The molecule has 0 spiro atoms. The van der Waals surface area contributed by atoms with Gasteiger partial charge in [-0.05, 0) is 24.6 Å². The molecule has 0 radical (unpaired) electrons. The maximum atomic E-state index is 11.5. The van der Waals surface area contributed by atoms with E-state index in [-0.39, 0.29) is 5.91 Å². The van der Waals surface area contributed by atoms with Crippen LogP contribution in [-0.2, 0) is 6.54 Å². The molecule has 1 aromatic carbocycles. The molecule has 6 nitrogen and oxygen atoms in total. The average molecular weight is 301 g/mol. The lowest BCUT2D eigenvalue weighted by Crippen LogP contribution is -2.17. The summed E-state index contributed by atoms with van der Waals surface area (Å²) in [5, 5.41) is 11.1. The number of rotatable bonds is 4. The highest BCUT2D eigenvalue weighted by Gasteiger charge is 2.06. The van der Waals surface area contributed by atoms with Crippen molar-refractivity contribution in [3.63, 3.8) is 0 Å². The fourth-order valence-electron chi connectivity index (χ4n) is 1.98. The van der Waals surface area contributed by atoms with Crippen LogP contribution in [0.25, 0.3) is 4.96 Å². The number of amides is 1. The Bertz CT molecular complexity index is 743. The van der Waals surface area contributed by atoms with Gasteiger partial charge in [-0.15, -0.1) is 5.10 Å². The predicted molar refractivity (Wildman–Crippen MR) is 82.8 cm³/mol. The number of aromatic nitrogens is 3. The zero-order chi connectivity index (χ0) is 14.8. The van der Waals surface area contributed by atoms with E-state index in [1.807, 2.05) is 37.4 Å². The van der Waals surface area contributed by atoms with E-state index in [0.717, 1.165) is 21.3 Å². The molecule has 1 amide bonds. The first-order valence-corrected chi connectivity index (χ1v) is 7.35. The Kier molecular flexibility index (Phi) is 3.57. The molecule has 3 rings (SSSR count). The minimum Gasteiger partial charge on any atom is -0.356 e. The molecule has 21 heavy (non-hydrogen) atoms. The van der Waals surface area contributed by atoms with E-state index in [9.17, 15) is 4.79 Å². The van der Waals surface area contributed by atoms with Gasteiger partial charge in [-0.2, -0.15) is 0 Å². The van der Waals surface area contributed by atoms with Crippen LogP contribution < -0.4 is 10.6 Å². The zero-order valence-electron chi connectivity index (χ0n) is 11.8. The van der Waals surface area contributed by atoms with Crippen molar-refractivity contribution < 1.29 is 4.79 Å². The van der Waals surface area contributed by atoms with E-state index in [0.29, 0.717) is 12.1 Å². The highest BCUT2D eigenvalue weighted by atomic mass is 32.1. The van der Waals surface area contributed by atoms with Crippen LogP contribution in [0.1, 0.15) is 21.6 Å². The molecule has 0 aliphatic heterocycles. The van der Waals surface area contributed by atoms with Crippen molar-refractivity contribution >= 4 is 27.3 Å². The van der Waals surface area contributed by atoms with Gasteiger partial charge in [-0.25, -0.2) is 9.50 Å². The Morgan fingerprint density at radius 2 is 2.10 bits per heavy atom. The Labute approximate surface area is 125 Å². The zero-order valence-corrected chi connectivity index (χ0v) is 12.6. The Morgan fingerprint density at radius 3 is 2.76 bits per heavy atom. The van der Waals surface area contributed by atoms with E-state index < -0.39 is 0 Å². The number of carbonyl (C=O) groups excluding carboxylic acids is 1. The average Bonchev–Trinajstić information content (AvgIpc) is 3.01. The molecular weight excluding hydrogens is 286 g/mol. The van der Waals surface area contributed by atoms with Crippen LogP contribution in [0.2, 0.25) is 0 Å². The molecule has 2 N–H and O–H groups in total. The lowest BCUT2D eigenvalue weighted by Gasteiger charge is -2.04. The van der Waals surface area contributed by atoms with Crippen LogP contribution in [0.5, 0.6) is 0 Å². The molecule has 108 valence electrons. The number of carbonyl (C=O) groups is 1. The molecule has 7 heteroatoms. The van der Waals surface area contributed by atoms with Gasteiger partial charge in [0.15, 0.2) is 0 Å². The number of benzene rings is 1. The molecule has 0 aliphatic carbocycles. The summed E-state index contributed by atoms with van der Waals surface area (Å²) in [7, 11) is 1.62. The van der Waals surface area contributed by atoms with Gasteiger partial charge < -0.3 is 10.6 Å². The number of imidazole rings is 1. The maximum absolute atomic E-state index is 11.5. The maximum Gasteiger partial charge on any atom is 0.251 e. The van der Waals surface area contributed by atoms with Crippen LogP contribution in [0.15, 0.2) is 30.5 Å². The van der Waals surface area contributed by atoms with Gasteiger partial charge in [0.05, 0.1) is 11.9 Å². The summed E-state index contributed by atoms with van der Waals surface area (Å²) >= 11 is 1.51. The van der Waals surface area contributed by atoms with Gasteiger partial charge in [0, 0.05) is 19.2 Å². The highest BCUT2D eigenvalue weighted by Crippen LogP contribution is 2.19. The molecule has 0 fully saturated rings. The normalized spacial score (nSPS) is 10.8. The van der Waals surface area contributed by atoms with Crippen molar-refractivity contribution in [3.8, 4) is 0 Å². The summed E-state index contributed by atoms with van der Waals surface area (Å²) in [5.74, 6) is -0.0778. The fraction of sp³-hybridized carbons (Fsp3) is 0.214. The third-order valence-corrected chi connectivity index (χ3v) is 3.93. The van der Waals surface area contributed by atoms with Crippen molar-refractivity contribution in [2.75, 3.05) is 12.4 Å². The molecule has 0 aliphatic rings. The van der Waals surface area contributed by atoms with Crippen molar-refractivity contribution in [1.82, 2.24) is 19.9 Å². The van der Waals surface area contributed by atoms with E-state index in [2.05, 4.69) is 20.7 Å². The van der Waals surface area contributed by atoms with Gasteiger partial charge in [-0.1, -0.05) is 23.5 Å². The van der Waals surface area contributed by atoms with E-state index >= 15 is 0 Å². The smallest absolute Gasteiger partial charge is 0.251 e. The molecule has 2 heterocycles. The van der Waals surface area contributed by atoms with Crippen LogP contribution in [0, 0.1) is 6.92 Å². The molecule has 3 aromatic rings. The summed E-state index contributed by atoms with van der Waals surface area (Å²) in [5.41, 5.74) is 2.71. The Hall–Kier alpha value is -2.41. The van der Waals surface area contributed by atoms with E-state index in [4.69, 9.17) is 0 Å². The lowest BCUT2D eigenvalue weighted by molar-refractivity contribution is 0.0963. The third kappa shape index (κ3) is 2.87. The fourth-order valence-corrected chi connectivity index (χ4v) is 2.80. The van der Waals surface area contributed by atoms with Crippen molar-refractivity contribution in [2.24, 2.45) is 0 Å². The number of hydrogen-bond donors (Lipinski definition) is 2. The van der Waals surface area contributed by atoms with Gasteiger partial charge in [0.2, 0.25) is 10.1 Å². The second kappa shape index (κ2) is 5.53. The first-order valence-electron chi connectivity index (χ1n) is 6.53. The Morgan fingerprint density at radius 1 is 1.33 bits per heavy atom. The van der Waals surface area contributed by atoms with Gasteiger partial charge in [0.1, 0.15) is 0 Å². The van der Waals surface area contributed by atoms with Crippen molar-refractivity contribution in [3.05, 3.63) is 47.3 Å². The summed E-state index contributed by atoms with van der Waals surface area (Å²) in [6.07, 6.45) is 1.90. The minimum absolute atomic E-state index is 0.0778. The van der Waals surface area contributed by atoms with Gasteiger partial charge in [-0.3, -0.25) is 4.79 Å². The number of hydrogen-bond acceptors (Lipinski definition) is 5. The third-order valence-electron chi connectivity index (χ3n) is 3.05. The minimum atomic E-state index is -0.0778. The first-order chi connectivity index (χ1) is 10.2. The molecule has 0 atom stereocenters. The van der Waals surface area contributed by atoms with E-state index in [1.54, 1.807) is 11.6 Å². The summed E-state index contributed by atoms with van der Waals surface area (Å²) in [6, 6.07) is 7.49. The van der Waals surface area contributed by atoms with Crippen LogP contribution in [0.3, 0.4) is 0 Å². The second-order valence-electron chi connectivity index (χ2n) is 4.65. The number of aryl methyl sites for hydroxylation is 1. The largest absolute Gasteiger partial charge is 0.356 e. The number of anilines is 1. The van der Waals surface area contributed by atoms with Gasteiger partial charge in [0.25, 0.3) is 5.91 Å². The quantitative estimate of drug-likeness (QED) is 0.774. The van der Waals surface area contributed by atoms with E-state index in [1.165, 1.54) is 11.3 Å². The SMILES string of the molecule is CNC(=O)c1ccc(CNc2nn3cc(C)nc3s2)cc1. The summed E-state index contributed by atoms with van der Waals surface area (Å²) < 4.78 is 1.77. The Balaban J connectivity index is 1.66. The van der Waals surface area contributed by atoms with Gasteiger partial charge >= 0.3 is 0 Å². The molecule has 2 aromatic heterocycles. The molecule has 0 saturated heterocycles. The summed E-state index contributed by atoms with van der Waals surface area (Å²) in [4.78, 5) is 16.7. The molecular formula is C14H15N5OS. The summed E-state index contributed by atoms with van der Waals surface area (Å²) in [6.45, 7) is 2.60. The number of nitrogens with one attached hydrogen (secondary N) is 2. The molecule has 0 unspecified atom stereocenters. The van der Waals surface area contributed by atoms with Crippen molar-refractivity contribution in [1.29, 1.82) is 0 Å². The standard InChI is InChI=1S/C14H15N5OS/c1-9-8-19-14(17-9)21-13(18-19)16-7-10-3-5-11(6-4-10)12(20)15-2/h3-6,8H,7H2,1-2H3,(H,15,20)(H,16,18). The first kappa shape index (κ1) is 13.6. The van der Waals surface area contributed by atoms with Crippen LogP contribution in [-0.4, -0.2) is 27.6 Å². The van der Waals surface area contributed by atoms with Crippen LogP contribution >= 0.6 is 11.3 Å². The lowest BCUT2D eigenvalue weighted by atomic mass is 10.1. The van der Waals surface area contributed by atoms with Crippen LogP contribution in [0.4, 0.5) is 5.13 Å².